The Hall–Kier alpha value is -1.43. The van der Waals surface area contributed by atoms with Gasteiger partial charge in [0.25, 0.3) is 0 Å². The Morgan fingerprint density at radius 1 is 1.18 bits per heavy atom. The maximum atomic E-state index is 11.9. The van der Waals surface area contributed by atoms with E-state index in [0.29, 0.717) is 6.54 Å². The normalized spacial score (nSPS) is 37.2. The maximum absolute atomic E-state index is 11.9. The fourth-order valence-corrected chi connectivity index (χ4v) is 5.52. The molecule has 0 radical (unpaired) electrons. The minimum Gasteiger partial charge on any atom is -0.391 e. The number of nitrogens with zero attached hydrogens (tertiary/aromatic N) is 3. The van der Waals surface area contributed by atoms with Crippen molar-refractivity contribution in [3.63, 3.8) is 0 Å². The van der Waals surface area contributed by atoms with Gasteiger partial charge in [0.15, 0.2) is 0 Å². The lowest BCUT2D eigenvalue weighted by Gasteiger charge is -2.58. The van der Waals surface area contributed by atoms with Gasteiger partial charge in [0, 0.05) is 6.54 Å². The van der Waals surface area contributed by atoms with Crippen LogP contribution >= 0.6 is 0 Å². The second-order valence-electron chi connectivity index (χ2n) is 7.66. The maximum Gasteiger partial charge on any atom is 0.243 e. The van der Waals surface area contributed by atoms with Crippen molar-refractivity contribution < 1.29 is 9.90 Å². The van der Waals surface area contributed by atoms with E-state index in [1.165, 1.54) is 24.1 Å². The highest BCUT2D eigenvalue weighted by atomic mass is 16.3. The molecule has 1 amide bonds. The fraction of sp³-hybridized carbons (Fsp3) is 0.812. The minimum absolute atomic E-state index is 0.0615. The first-order valence-electron chi connectivity index (χ1n) is 8.42. The van der Waals surface area contributed by atoms with Crippen LogP contribution < -0.4 is 5.32 Å². The van der Waals surface area contributed by atoms with E-state index in [0.717, 1.165) is 37.0 Å². The largest absolute Gasteiger partial charge is 0.391 e. The molecule has 5 rings (SSSR count). The monoisotopic (exact) mass is 304 g/mol. The third kappa shape index (κ3) is 2.53. The average Bonchev–Trinajstić information content (AvgIpc) is 2.96. The van der Waals surface area contributed by atoms with Crippen molar-refractivity contribution in [1.82, 2.24) is 20.3 Å². The Morgan fingerprint density at radius 2 is 1.73 bits per heavy atom. The van der Waals surface area contributed by atoms with E-state index < -0.39 is 6.10 Å². The molecule has 0 aliphatic heterocycles. The van der Waals surface area contributed by atoms with Crippen molar-refractivity contribution >= 4 is 5.91 Å². The van der Waals surface area contributed by atoms with Gasteiger partial charge in [0.2, 0.25) is 5.91 Å². The molecule has 1 aromatic heterocycles. The Balaban J connectivity index is 1.34. The third-order valence-electron chi connectivity index (χ3n) is 6.04. The van der Waals surface area contributed by atoms with Gasteiger partial charge >= 0.3 is 0 Å². The lowest BCUT2D eigenvalue weighted by Crippen LogP contribution is -2.54. The molecule has 1 heterocycles. The first-order valence-corrected chi connectivity index (χ1v) is 8.42. The number of hydrogen-bond acceptors (Lipinski definition) is 4. The molecule has 4 aliphatic carbocycles. The summed E-state index contributed by atoms with van der Waals surface area (Å²) in [5.74, 6) is 2.29. The predicted molar refractivity (Wildman–Crippen MR) is 79.6 cm³/mol. The average molecular weight is 304 g/mol. The van der Waals surface area contributed by atoms with Gasteiger partial charge in [-0.25, -0.2) is 0 Å². The van der Waals surface area contributed by atoms with Crippen LogP contribution in [0.4, 0.5) is 0 Å². The minimum atomic E-state index is -0.421. The van der Waals surface area contributed by atoms with Gasteiger partial charge < -0.3 is 10.4 Å². The van der Waals surface area contributed by atoms with E-state index >= 15 is 0 Å². The number of carbonyl (C=O) groups is 1. The van der Waals surface area contributed by atoms with Crippen LogP contribution in [-0.4, -0.2) is 38.7 Å². The van der Waals surface area contributed by atoms with Gasteiger partial charge in [-0.05, 0) is 61.7 Å². The van der Waals surface area contributed by atoms with Crippen LogP contribution in [0.3, 0.4) is 0 Å². The number of hydrogen-bond donors (Lipinski definition) is 2. The molecule has 1 atom stereocenters. The number of aliphatic hydroxyl groups excluding tert-OH is 1. The Bertz CT molecular complexity index is 507. The summed E-state index contributed by atoms with van der Waals surface area (Å²) in [6.45, 7) is 0.465. The van der Waals surface area contributed by atoms with Gasteiger partial charge in [-0.3, -0.25) is 4.79 Å². The predicted octanol–water partition coefficient (Wildman–Crippen LogP) is 0.972. The van der Waals surface area contributed by atoms with Gasteiger partial charge in [0.05, 0.1) is 18.5 Å². The molecule has 2 N–H and O–H groups in total. The van der Waals surface area contributed by atoms with Gasteiger partial charge in [-0.2, -0.15) is 15.0 Å². The second kappa shape index (κ2) is 5.33. The van der Waals surface area contributed by atoms with E-state index in [1.807, 2.05) is 0 Å². The van der Waals surface area contributed by atoms with E-state index in [4.69, 9.17) is 0 Å². The molecule has 0 saturated heterocycles. The van der Waals surface area contributed by atoms with Crippen molar-refractivity contribution in [2.24, 2.45) is 23.2 Å². The highest BCUT2D eigenvalue weighted by molar-refractivity contribution is 5.75. The number of carbonyl (C=O) groups excluding carboxylic acids is 1. The molecule has 6 nitrogen and oxygen atoms in total. The summed E-state index contributed by atoms with van der Waals surface area (Å²) in [5, 5.41) is 21.4. The van der Waals surface area contributed by atoms with Crippen LogP contribution in [-0.2, 0) is 11.3 Å². The third-order valence-corrected chi connectivity index (χ3v) is 6.04. The molecular weight excluding hydrogens is 280 g/mol. The SMILES string of the molecule is O=C(Cn1nccn1)NC[C@@H](O)C12CC3CC(CC(C3)C1)C2. The number of aromatic nitrogens is 3. The van der Waals surface area contributed by atoms with E-state index in [9.17, 15) is 9.90 Å². The Kier molecular flexibility index (Phi) is 3.44. The molecule has 4 aliphatic rings. The van der Waals surface area contributed by atoms with Crippen molar-refractivity contribution in [2.45, 2.75) is 51.2 Å². The molecule has 0 spiro atoms. The fourth-order valence-electron chi connectivity index (χ4n) is 5.52. The van der Waals surface area contributed by atoms with Crippen molar-refractivity contribution in [3.05, 3.63) is 12.4 Å². The molecule has 0 unspecified atom stereocenters. The summed E-state index contributed by atoms with van der Waals surface area (Å²) in [7, 11) is 0. The summed E-state index contributed by atoms with van der Waals surface area (Å²) in [6, 6.07) is 0. The summed E-state index contributed by atoms with van der Waals surface area (Å²) in [5.41, 5.74) is 0.0615. The van der Waals surface area contributed by atoms with Gasteiger partial charge in [-0.1, -0.05) is 0 Å². The van der Waals surface area contributed by atoms with Crippen molar-refractivity contribution in [2.75, 3.05) is 6.54 Å². The topological polar surface area (TPSA) is 80.0 Å². The Labute approximate surface area is 130 Å². The summed E-state index contributed by atoms with van der Waals surface area (Å²) in [6.07, 6.45) is 10.2. The number of nitrogens with one attached hydrogen (secondary N) is 1. The highest BCUT2D eigenvalue weighted by Gasteiger charge is 2.53. The lowest BCUT2D eigenvalue weighted by atomic mass is 9.48. The molecule has 1 aromatic rings. The molecule has 0 aromatic carbocycles. The quantitative estimate of drug-likeness (QED) is 0.849. The zero-order chi connectivity index (χ0) is 15.2. The van der Waals surface area contributed by atoms with Crippen molar-refractivity contribution in [3.8, 4) is 0 Å². The summed E-state index contributed by atoms with van der Waals surface area (Å²) < 4.78 is 0. The number of rotatable bonds is 5. The van der Waals surface area contributed by atoms with Crippen LogP contribution in [0, 0.1) is 23.2 Å². The molecular formula is C16H24N4O2. The van der Waals surface area contributed by atoms with Crippen LogP contribution in [0.25, 0.3) is 0 Å². The van der Waals surface area contributed by atoms with Crippen molar-refractivity contribution in [1.29, 1.82) is 0 Å². The molecule has 4 saturated carbocycles. The van der Waals surface area contributed by atoms with Gasteiger partial charge in [-0.15, -0.1) is 0 Å². The summed E-state index contributed by atoms with van der Waals surface area (Å²) >= 11 is 0. The van der Waals surface area contributed by atoms with Crippen LogP contribution in [0.15, 0.2) is 12.4 Å². The second-order valence-corrected chi connectivity index (χ2v) is 7.66. The van der Waals surface area contributed by atoms with Crippen LogP contribution in [0.1, 0.15) is 38.5 Å². The highest BCUT2D eigenvalue weighted by Crippen LogP contribution is 2.61. The first kappa shape index (κ1) is 14.2. The van der Waals surface area contributed by atoms with Gasteiger partial charge in [0.1, 0.15) is 6.54 Å². The lowest BCUT2D eigenvalue weighted by molar-refractivity contribution is -0.129. The van der Waals surface area contributed by atoms with E-state index in [2.05, 4.69) is 15.5 Å². The smallest absolute Gasteiger partial charge is 0.243 e. The zero-order valence-corrected chi connectivity index (χ0v) is 12.8. The molecule has 6 heteroatoms. The molecule has 22 heavy (non-hydrogen) atoms. The first-order chi connectivity index (χ1) is 10.6. The Morgan fingerprint density at radius 3 is 2.27 bits per heavy atom. The van der Waals surface area contributed by atoms with E-state index in [-0.39, 0.29) is 17.9 Å². The summed E-state index contributed by atoms with van der Waals surface area (Å²) in [4.78, 5) is 13.3. The zero-order valence-electron chi connectivity index (χ0n) is 12.8. The molecule has 4 bridgehead atoms. The standard InChI is InChI=1S/C16H24N4O2/c21-14(9-17-15(22)10-20-18-1-2-19-20)16-6-11-3-12(7-16)5-13(4-11)8-16/h1-2,11-14,21H,3-10H2,(H,17,22)/t11?,12?,13?,14-,16?/m1/s1. The van der Waals surface area contributed by atoms with Crippen LogP contribution in [0.2, 0.25) is 0 Å². The van der Waals surface area contributed by atoms with E-state index in [1.54, 1.807) is 12.4 Å². The number of amides is 1. The molecule has 120 valence electrons. The molecule has 4 fully saturated rings. The number of aliphatic hydroxyl groups is 1. The van der Waals surface area contributed by atoms with Crippen LogP contribution in [0.5, 0.6) is 0 Å².